The van der Waals surface area contributed by atoms with E-state index in [2.05, 4.69) is 0 Å². The molecule has 1 radical (unpaired) electrons. The van der Waals surface area contributed by atoms with Crippen molar-refractivity contribution in [3.8, 4) is 5.75 Å². The Hall–Kier alpha value is -0.800. The van der Waals surface area contributed by atoms with Crippen LogP contribution < -0.4 is 4.74 Å². The van der Waals surface area contributed by atoms with Crippen LogP contribution >= 0.6 is 0 Å². The van der Waals surface area contributed by atoms with Gasteiger partial charge in [-0.2, -0.15) is 0 Å². The van der Waals surface area contributed by atoms with Crippen molar-refractivity contribution < 1.29 is 9.84 Å². The van der Waals surface area contributed by atoms with E-state index in [9.17, 15) is 0 Å². The van der Waals surface area contributed by atoms with Crippen LogP contribution in [0.1, 0.15) is 22.3 Å². The Morgan fingerprint density at radius 1 is 0.947 bits per heavy atom. The van der Waals surface area contributed by atoms with Gasteiger partial charge in [0.1, 0.15) is 12.4 Å². The van der Waals surface area contributed by atoms with E-state index in [1.165, 1.54) is 0 Å². The molecule has 0 unspecified atom stereocenters. The van der Waals surface area contributed by atoms with Gasteiger partial charge in [-0.3, -0.25) is 0 Å². The fourth-order valence-electron chi connectivity index (χ4n) is 2.09. The number of aliphatic hydroxyl groups excluding tert-OH is 1. The Morgan fingerprint density at radius 3 is 2.05 bits per heavy atom. The van der Waals surface area contributed by atoms with Crippen molar-refractivity contribution in [1.82, 2.24) is 0 Å². The van der Waals surface area contributed by atoms with Crippen LogP contribution in [0.5, 0.6) is 5.75 Å². The molecule has 1 N–H and O–H groups in total. The molecule has 2 nitrogen and oxygen atoms in total. The fourth-order valence-corrected chi connectivity index (χ4v) is 2.09. The summed E-state index contributed by atoms with van der Waals surface area (Å²) in [6.45, 7) is 4.65. The second-order valence-electron chi connectivity index (χ2n) is 4.49. The molecule has 19 heavy (non-hydrogen) atoms. The first-order valence-electron chi connectivity index (χ1n) is 6.08. The van der Waals surface area contributed by atoms with Crippen LogP contribution in [0.3, 0.4) is 0 Å². The minimum Gasteiger partial charge on any atom is -0.488 e. The van der Waals surface area contributed by atoms with Gasteiger partial charge in [-0.1, -0.05) is 42.5 Å². The third kappa shape index (κ3) is 4.36. The number of ether oxygens (including phenoxy) is 1. The summed E-state index contributed by atoms with van der Waals surface area (Å²) in [6.07, 6.45) is 0. The number of aryl methyl sites for hydroxylation is 2. The minimum atomic E-state index is 0. The second-order valence-corrected chi connectivity index (χ2v) is 4.49. The molecule has 3 heteroatoms. The molecule has 95 valence electrons. The van der Waals surface area contributed by atoms with E-state index in [-0.39, 0.29) is 36.2 Å². The van der Waals surface area contributed by atoms with Crippen molar-refractivity contribution in [3.63, 3.8) is 0 Å². The van der Waals surface area contributed by atoms with Crippen molar-refractivity contribution in [2.75, 3.05) is 0 Å². The van der Waals surface area contributed by atoms with Crippen LogP contribution in [-0.2, 0) is 13.2 Å². The zero-order valence-corrected chi connectivity index (χ0v) is 13.8. The molecule has 0 spiro atoms. The third-order valence-electron chi connectivity index (χ3n) is 2.93. The summed E-state index contributed by atoms with van der Waals surface area (Å²) in [5, 5.41) is 9.14. The van der Waals surface area contributed by atoms with Crippen LogP contribution in [-0.4, -0.2) is 34.7 Å². The molecule has 2 rings (SSSR count). The van der Waals surface area contributed by atoms with Gasteiger partial charge in [-0.15, -0.1) is 0 Å². The molecule has 0 aliphatic carbocycles. The maximum Gasteiger partial charge on any atom is 0.125 e. The van der Waals surface area contributed by atoms with Gasteiger partial charge in [0.2, 0.25) is 0 Å². The molecule has 0 aliphatic rings. The van der Waals surface area contributed by atoms with Crippen LogP contribution in [0, 0.1) is 13.8 Å². The molecule has 0 saturated heterocycles. The normalized spacial score (nSPS) is 9.84. The summed E-state index contributed by atoms with van der Waals surface area (Å²) in [6, 6.07) is 14.0. The summed E-state index contributed by atoms with van der Waals surface area (Å²) in [7, 11) is 0. The van der Waals surface area contributed by atoms with Crippen molar-refractivity contribution >= 4 is 29.6 Å². The van der Waals surface area contributed by atoms with Crippen molar-refractivity contribution in [3.05, 3.63) is 64.7 Å². The summed E-state index contributed by atoms with van der Waals surface area (Å²) >= 11 is 0. The maximum atomic E-state index is 9.14. The smallest absolute Gasteiger partial charge is 0.125 e. The molecule has 0 aromatic heterocycles. The Bertz CT molecular complexity index is 501. The molecule has 0 bridgehead atoms. The molecule has 0 aliphatic heterocycles. The molecule has 0 amide bonds. The monoisotopic (exact) mass is 265 g/mol. The molecule has 2 aromatic rings. The Balaban J connectivity index is 0.00000180. The molecule has 0 fully saturated rings. The summed E-state index contributed by atoms with van der Waals surface area (Å²) in [5.41, 5.74) is 4.21. The number of hydrogen-bond donors (Lipinski definition) is 1. The third-order valence-corrected chi connectivity index (χ3v) is 2.93. The molecular formula is C16H18NaO2. The quantitative estimate of drug-likeness (QED) is 0.861. The topological polar surface area (TPSA) is 29.5 Å². The Morgan fingerprint density at radius 2 is 1.53 bits per heavy atom. The van der Waals surface area contributed by atoms with Gasteiger partial charge in [0, 0.05) is 29.6 Å². The van der Waals surface area contributed by atoms with E-state index in [4.69, 9.17) is 9.84 Å². The molecule has 0 heterocycles. The number of aliphatic hydroxyl groups is 1. The average Bonchev–Trinajstić information content (AvgIpc) is 2.38. The van der Waals surface area contributed by atoms with Gasteiger partial charge in [0.05, 0.1) is 6.61 Å². The SMILES string of the molecule is Cc1cc(CO)cc(C)c1OCc1ccccc1.[Na]. The van der Waals surface area contributed by atoms with Gasteiger partial charge in [0.15, 0.2) is 0 Å². The van der Waals surface area contributed by atoms with Gasteiger partial charge >= 0.3 is 0 Å². The molecule has 0 atom stereocenters. The van der Waals surface area contributed by atoms with E-state index in [0.29, 0.717) is 6.61 Å². The average molecular weight is 265 g/mol. The van der Waals surface area contributed by atoms with E-state index >= 15 is 0 Å². The van der Waals surface area contributed by atoms with E-state index in [1.54, 1.807) is 0 Å². The molecule has 2 aromatic carbocycles. The zero-order chi connectivity index (χ0) is 13.0. The van der Waals surface area contributed by atoms with Crippen molar-refractivity contribution in [2.24, 2.45) is 0 Å². The first-order valence-corrected chi connectivity index (χ1v) is 6.08. The van der Waals surface area contributed by atoms with Gasteiger partial charge in [-0.05, 0) is 36.1 Å². The summed E-state index contributed by atoms with van der Waals surface area (Å²) < 4.78 is 5.87. The van der Waals surface area contributed by atoms with Gasteiger partial charge in [0.25, 0.3) is 0 Å². The number of rotatable bonds is 4. The van der Waals surface area contributed by atoms with Crippen LogP contribution in [0.2, 0.25) is 0 Å². The standard InChI is InChI=1S/C16H18O2.Na/c1-12-8-15(10-17)9-13(2)16(12)18-11-14-6-4-3-5-7-14;/h3-9,17H,10-11H2,1-2H3;. The second kappa shape index (κ2) is 7.71. The maximum absolute atomic E-state index is 9.14. The van der Waals surface area contributed by atoms with Crippen LogP contribution in [0.25, 0.3) is 0 Å². The Labute approximate surface area is 136 Å². The predicted molar refractivity (Wildman–Crippen MR) is 78.4 cm³/mol. The van der Waals surface area contributed by atoms with E-state index in [1.807, 2.05) is 56.3 Å². The fraction of sp³-hybridized carbons (Fsp3) is 0.250. The largest absolute Gasteiger partial charge is 0.488 e. The van der Waals surface area contributed by atoms with E-state index < -0.39 is 0 Å². The minimum absolute atomic E-state index is 0. The predicted octanol–water partition coefficient (Wildman–Crippen LogP) is 2.99. The van der Waals surface area contributed by atoms with Crippen LogP contribution in [0.4, 0.5) is 0 Å². The number of hydrogen-bond acceptors (Lipinski definition) is 2. The zero-order valence-electron chi connectivity index (χ0n) is 11.8. The number of benzene rings is 2. The summed E-state index contributed by atoms with van der Waals surface area (Å²) in [5.74, 6) is 0.913. The Kier molecular flexibility index (Phi) is 6.59. The van der Waals surface area contributed by atoms with Crippen molar-refractivity contribution in [1.29, 1.82) is 0 Å². The summed E-state index contributed by atoms with van der Waals surface area (Å²) in [4.78, 5) is 0. The molecule has 0 saturated carbocycles. The van der Waals surface area contributed by atoms with E-state index in [0.717, 1.165) is 28.0 Å². The van der Waals surface area contributed by atoms with Gasteiger partial charge < -0.3 is 9.84 Å². The van der Waals surface area contributed by atoms with Gasteiger partial charge in [-0.25, -0.2) is 0 Å². The van der Waals surface area contributed by atoms with Crippen molar-refractivity contribution in [2.45, 2.75) is 27.1 Å². The first kappa shape index (κ1) is 16.3. The first-order chi connectivity index (χ1) is 8.70. The molecular weight excluding hydrogens is 247 g/mol. The van der Waals surface area contributed by atoms with Crippen LogP contribution in [0.15, 0.2) is 42.5 Å².